The third-order valence-electron chi connectivity index (χ3n) is 7.60. The molecule has 0 N–H and O–H groups in total. The summed E-state index contributed by atoms with van der Waals surface area (Å²) < 4.78 is 11.2. The van der Waals surface area contributed by atoms with Gasteiger partial charge in [-0.05, 0) is 62.7 Å². The minimum atomic E-state index is -0.0601. The number of hydrogen-bond acceptors (Lipinski definition) is 3. The lowest BCUT2D eigenvalue weighted by Gasteiger charge is -2.56. The molecule has 23 heavy (non-hydrogen) atoms. The maximum atomic E-state index is 12.0. The van der Waals surface area contributed by atoms with E-state index in [-0.39, 0.29) is 17.0 Å². The van der Waals surface area contributed by atoms with Gasteiger partial charge >= 0.3 is 5.97 Å². The fraction of sp³-hybridized carbons (Fsp3) is 0.850. The first-order valence-electron chi connectivity index (χ1n) is 9.31. The molecular formula is C20H30O3. The number of hydrogen-bond donors (Lipinski definition) is 0. The molecule has 2 saturated heterocycles. The minimum absolute atomic E-state index is 0.0601. The molecule has 0 spiro atoms. The van der Waals surface area contributed by atoms with E-state index in [2.05, 4.69) is 33.8 Å². The number of rotatable bonds is 3. The van der Waals surface area contributed by atoms with Gasteiger partial charge in [0.2, 0.25) is 0 Å². The predicted molar refractivity (Wildman–Crippen MR) is 88.9 cm³/mol. The van der Waals surface area contributed by atoms with Crippen molar-refractivity contribution in [1.29, 1.82) is 0 Å². The number of esters is 1. The summed E-state index contributed by atoms with van der Waals surface area (Å²) in [5.41, 5.74) is 1.66. The van der Waals surface area contributed by atoms with Crippen LogP contribution in [-0.2, 0) is 14.3 Å². The number of cyclic esters (lactones) is 1. The molecule has 2 heterocycles. The molecule has 3 heteroatoms. The molecule has 3 nitrogen and oxygen atoms in total. The molecule has 128 valence electrons. The van der Waals surface area contributed by atoms with Crippen molar-refractivity contribution in [3.63, 3.8) is 0 Å². The number of ether oxygens (including phenoxy) is 2. The molecule has 2 aliphatic carbocycles. The van der Waals surface area contributed by atoms with E-state index in [1.165, 1.54) is 32.1 Å². The topological polar surface area (TPSA) is 38.8 Å². The average Bonchev–Trinajstić information content (AvgIpc) is 2.90. The summed E-state index contributed by atoms with van der Waals surface area (Å²) >= 11 is 0. The number of carbonyl (C=O) groups excluding carboxylic acids is 1. The van der Waals surface area contributed by atoms with Crippen LogP contribution in [-0.4, -0.2) is 24.3 Å². The van der Waals surface area contributed by atoms with Crippen LogP contribution in [0.1, 0.15) is 66.2 Å². The summed E-state index contributed by atoms with van der Waals surface area (Å²) in [7, 11) is 0. The second-order valence-electron chi connectivity index (χ2n) is 9.36. The molecule has 0 aromatic heterocycles. The van der Waals surface area contributed by atoms with Crippen LogP contribution in [0.2, 0.25) is 0 Å². The standard InChI is InChI=1S/C20H30O3/c1-18(2)16(23-18)8-11-19(3)9-5-10-20(4)14-12-22-17(21)13(14)6-7-15(19)20/h6,14-16H,5,7-12H2,1-4H3. The van der Waals surface area contributed by atoms with Gasteiger partial charge in [0, 0.05) is 11.5 Å². The quantitative estimate of drug-likeness (QED) is 0.576. The van der Waals surface area contributed by atoms with Crippen molar-refractivity contribution in [3.8, 4) is 0 Å². The normalized spacial score (nSPS) is 47.4. The van der Waals surface area contributed by atoms with E-state index in [9.17, 15) is 4.79 Å². The highest BCUT2D eigenvalue weighted by Gasteiger charge is 2.57. The summed E-state index contributed by atoms with van der Waals surface area (Å²) in [5.74, 6) is 0.922. The Kier molecular flexibility index (Phi) is 3.30. The van der Waals surface area contributed by atoms with E-state index < -0.39 is 0 Å². The van der Waals surface area contributed by atoms with Crippen LogP contribution in [0.5, 0.6) is 0 Å². The Balaban J connectivity index is 1.56. The van der Waals surface area contributed by atoms with E-state index >= 15 is 0 Å². The van der Waals surface area contributed by atoms with Gasteiger partial charge < -0.3 is 9.47 Å². The molecule has 4 rings (SSSR count). The molecule has 5 unspecified atom stereocenters. The smallest absolute Gasteiger partial charge is 0.334 e. The number of carbonyl (C=O) groups is 1. The van der Waals surface area contributed by atoms with Crippen molar-refractivity contribution in [2.75, 3.05) is 6.61 Å². The molecule has 2 aliphatic heterocycles. The number of epoxide rings is 1. The van der Waals surface area contributed by atoms with Crippen molar-refractivity contribution < 1.29 is 14.3 Å². The molecule has 0 aromatic carbocycles. The molecule has 1 saturated carbocycles. The van der Waals surface area contributed by atoms with Gasteiger partial charge in [0.05, 0.1) is 18.3 Å². The van der Waals surface area contributed by atoms with Gasteiger partial charge in [-0.15, -0.1) is 0 Å². The zero-order chi connectivity index (χ0) is 16.5. The highest BCUT2D eigenvalue weighted by Crippen LogP contribution is 2.62. The van der Waals surface area contributed by atoms with Crippen molar-refractivity contribution in [3.05, 3.63) is 11.6 Å². The second-order valence-corrected chi connectivity index (χ2v) is 9.36. The van der Waals surface area contributed by atoms with E-state index in [1.807, 2.05) is 0 Å². The van der Waals surface area contributed by atoms with Crippen molar-refractivity contribution in [1.82, 2.24) is 0 Å². The first-order valence-corrected chi connectivity index (χ1v) is 9.31. The maximum Gasteiger partial charge on any atom is 0.334 e. The SMILES string of the molecule is CC1(CCC2OC2(C)C)CCCC2(C)C3COC(=O)C3=CCC12. The van der Waals surface area contributed by atoms with Crippen LogP contribution in [0.25, 0.3) is 0 Å². The van der Waals surface area contributed by atoms with Gasteiger partial charge in [0.1, 0.15) is 0 Å². The van der Waals surface area contributed by atoms with Crippen LogP contribution in [0, 0.1) is 22.7 Å². The van der Waals surface area contributed by atoms with Crippen molar-refractivity contribution >= 4 is 5.97 Å². The van der Waals surface area contributed by atoms with Gasteiger partial charge in [0.25, 0.3) is 0 Å². The highest BCUT2D eigenvalue weighted by molar-refractivity contribution is 5.91. The van der Waals surface area contributed by atoms with Crippen LogP contribution >= 0.6 is 0 Å². The number of allylic oxidation sites excluding steroid dienone is 1. The third kappa shape index (κ3) is 2.30. The molecule has 3 fully saturated rings. The van der Waals surface area contributed by atoms with Crippen LogP contribution in [0.3, 0.4) is 0 Å². The zero-order valence-electron chi connectivity index (χ0n) is 15.0. The van der Waals surface area contributed by atoms with Gasteiger partial charge in [-0.3, -0.25) is 0 Å². The number of fused-ring (bicyclic) bond motifs is 3. The third-order valence-corrected chi connectivity index (χ3v) is 7.60. The molecule has 0 aromatic rings. The maximum absolute atomic E-state index is 12.0. The minimum Gasteiger partial charge on any atom is -0.462 e. The second kappa shape index (κ2) is 4.84. The fourth-order valence-corrected chi connectivity index (χ4v) is 5.98. The molecular weight excluding hydrogens is 288 g/mol. The Labute approximate surface area is 139 Å². The van der Waals surface area contributed by atoms with Crippen molar-refractivity contribution in [2.45, 2.75) is 77.9 Å². The molecule has 5 atom stereocenters. The highest BCUT2D eigenvalue weighted by atomic mass is 16.6. The predicted octanol–water partition coefficient (Wildman–Crippen LogP) is 4.26. The van der Waals surface area contributed by atoms with E-state index in [4.69, 9.17) is 9.47 Å². The fourth-order valence-electron chi connectivity index (χ4n) is 5.98. The first-order chi connectivity index (χ1) is 10.8. The Morgan fingerprint density at radius 2 is 1.96 bits per heavy atom. The van der Waals surface area contributed by atoms with Crippen molar-refractivity contribution in [2.24, 2.45) is 22.7 Å². The summed E-state index contributed by atoms with van der Waals surface area (Å²) in [5, 5.41) is 0. The van der Waals surface area contributed by atoms with Crippen LogP contribution in [0.15, 0.2) is 11.6 Å². The largest absolute Gasteiger partial charge is 0.462 e. The van der Waals surface area contributed by atoms with Gasteiger partial charge in [0.15, 0.2) is 0 Å². The van der Waals surface area contributed by atoms with E-state index in [0.717, 1.165) is 12.0 Å². The monoisotopic (exact) mass is 318 g/mol. The van der Waals surface area contributed by atoms with E-state index in [0.29, 0.717) is 30.0 Å². The van der Waals surface area contributed by atoms with Gasteiger partial charge in [-0.2, -0.15) is 0 Å². The molecule has 0 bridgehead atoms. The lowest BCUT2D eigenvalue weighted by molar-refractivity contribution is -0.135. The zero-order valence-corrected chi connectivity index (χ0v) is 15.0. The van der Waals surface area contributed by atoms with Gasteiger partial charge in [-0.25, -0.2) is 4.79 Å². The van der Waals surface area contributed by atoms with Crippen LogP contribution in [0.4, 0.5) is 0 Å². The lowest BCUT2D eigenvalue weighted by Crippen LogP contribution is -2.50. The van der Waals surface area contributed by atoms with E-state index in [1.54, 1.807) is 0 Å². The first kappa shape index (κ1) is 15.7. The molecule has 0 amide bonds. The summed E-state index contributed by atoms with van der Waals surface area (Å²) in [6, 6.07) is 0. The Bertz CT molecular complexity index is 563. The Hall–Kier alpha value is -0.830. The van der Waals surface area contributed by atoms with Gasteiger partial charge in [-0.1, -0.05) is 26.3 Å². The molecule has 4 aliphatic rings. The summed E-state index contributed by atoms with van der Waals surface area (Å²) in [6.07, 6.45) is 9.92. The summed E-state index contributed by atoms with van der Waals surface area (Å²) in [4.78, 5) is 12.0. The molecule has 0 radical (unpaired) electrons. The van der Waals surface area contributed by atoms with Crippen LogP contribution < -0.4 is 0 Å². The lowest BCUT2D eigenvalue weighted by atomic mass is 9.47. The Morgan fingerprint density at radius 3 is 2.65 bits per heavy atom. The Morgan fingerprint density at radius 1 is 1.22 bits per heavy atom. The summed E-state index contributed by atoms with van der Waals surface area (Å²) in [6.45, 7) is 9.91. The average molecular weight is 318 g/mol.